The van der Waals surface area contributed by atoms with E-state index in [1.165, 1.54) is 0 Å². The Hall–Kier alpha value is -2.80. The summed E-state index contributed by atoms with van der Waals surface area (Å²) in [6.45, 7) is 0.480. The molecule has 1 saturated carbocycles. The maximum atomic E-state index is 12.6. The Kier molecular flexibility index (Phi) is 4.81. The molecule has 2 aromatic rings. The summed E-state index contributed by atoms with van der Waals surface area (Å²) in [6, 6.07) is 19.6. The molecule has 1 N–H and O–H groups in total. The molecular formula is C20H21N3O. The normalized spacial score (nSPS) is 14.5. The largest absolute Gasteiger partial charge is 0.331 e. The van der Waals surface area contributed by atoms with Gasteiger partial charge in [0.05, 0.1) is 17.7 Å². The first-order valence-corrected chi connectivity index (χ1v) is 8.23. The molecule has 4 heteroatoms. The van der Waals surface area contributed by atoms with Gasteiger partial charge in [-0.05, 0) is 42.0 Å². The SMILES string of the molecule is CN(Cc1cccc(C#N)c1)C(=O)NC(c1ccccc1)C1CC1. The van der Waals surface area contributed by atoms with E-state index in [4.69, 9.17) is 5.26 Å². The summed E-state index contributed by atoms with van der Waals surface area (Å²) in [7, 11) is 1.78. The molecule has 122 valence electrons. The van der Waals surface area contributed by atoms with Crippen molar-refractivity contribution in [2.24, 2.45) is 5.92 Å². The number of nitriles is 1. The zero-order valence-electron chi connectivity index (χ0n) is 13.8. The number of benzene rings is 2. The van der Waals surface area contributed by atoms with Crippen molar-refractivity contribution in [2.75, 3.05) is 7.05 Å². The predicted octanol–water partition coefficient (Wildman–Crippen LogP) is 3.85. The number of amides is 2. The minimum absolute atomic E-state index is 0.0755. The van der Waals surface area contributed by atoms with Crippen LogP contribution in [0, 0.1) is 17.2 Å². The Labute approximate surface area is 142 Å². The first-order valence-electron chi connectivity index (χ1n) is 8.23. The van der Waals surface area contributed by atoms with Crippen LogP contribution in [0.5, 0.6) is 0 Å². The van der Waals surface area contributed by atoms with Gasteiger partial charge in [0.1, 0.15) is 0 Å². The molecule has 3 rings (SSSR count). The lowest BCUT2D eigenvalue weighted by atomic mass is 10.0. The van der Waals surface area contributed by atoms with Crippen LogP contribution in [0.3, 0.4) is 0 Å². The van der Waals surface area contributed by atoms with E-state index in [1.54, 1.807) is 18.0 Å². The molecular weight excluding hydrogens is 298 g/mol. The van der Waals surface area contributed by atoms with Crippen LogP contribution in [0.25, 0.3) is 0 Å². The highest BCUT2D eigenvalue weighted by molar-refractivity contribution is 5.74. The summed E-state index contributed by atoms with van der Waals surface area (Å²) in [5.74, 6) is 0.534. The maximum absolute atomic E-state index is 12.6. The molecule has 1 aliphatic carbocycles. The number of hydrogen-bond donors (Lipinski definition) is 1. The number of urea groups is 1. The minimum atomic E-state index is -0.0851. The monoisotopic (exact) mass is 319 g/mol. The maximum Gasteiger partial charge on any atom is 0.317 e. The average molecular weight is 319 g/mol. The van der Waals surface area contributed by atoms with Gasteiger partial charge in [-0.3, -0.25) is 0 Å². The zero-order valence-corrected chi connectivity index (χ0v) is 13.8. The molecule has 0 aliphatic heterocycles. The van der Waals surface area contributed by atoms with Gasteiger partial charge in [0.25, 0.3) is 0 Å². The third kappa shape index (κ3) is 3.94. The quantitative estimate of drug-likeness (QED) is 0.910. The molecule has 24 heavy (non-hydrogen) atoms. The number of carbonyl (C=O) groups excluding carboxylic acids is 1. The molecule has 1 atom stereocenters. The van der Waals surface area contributed by atoms with Crippen LogP contribution in [0.1, 0.15) is 35.6 Å². The molecule has 2 aromatic carbocycles. The van der Waals surface area contributed by atoms with E-state index >= 15 is 0 Å². The van der Waals surface area contributed by atoms with Crippen molar-refractivity contribution >= 4 is 6.03 Å². The smallest absolute Gasteiger partial charge is 0.317 e. The lowest BCUT2D eigenvalue weighted by molar-refractivity contribution is 0.201. The fraction of sp³-hybridized carbons (Fsp3) is 0.300. The van der Waals surface area contributed by atoms with Crippen LogP contribution in [-0.2, 0) is 6.54 Å². The molecule has 0 aromatic heterocycles. The molecule has 0 heterocycles. The second kappa shape index (κ2) is 7.18. The first kappa shape index (κ1) is 16.1. The molecule has 0 saturated heterocycles. The van der Waals surface area contributed by atoms with Gasteiger partial charge in [-0.25, -0.2) is 4.79 Å². The predicted molar refractivity (Wildman–Crippen MR) is 93.1 cm³/mol. The fourth-order valence-corrected chi connectivity index (χ4v) is 2.89. The first-order chi connectivity index (χ1) is 11.7. The summed E-state index contributed by atoms with van der Waals surface area (Å²) < 4.78 is 0. The molecule has 1 unspecified atom stereocenters. The molecule has 1 aliphatic rings. The van der Waals surface area contributed by atoms with Crippen LogP contribution in [-0.4, -0.2) is 18.0 Å². The Balaban J connectivity index is 1.65. The number of nitrogens with zero attached hydrogens (tertiary/aromatic N) is 2. The van der Waals surface area contributed by atoms with Gasteiger partial charge >= 0.3 is 6.03 Å². The fourth-order valence-electron chi connectivity index (χ4n) is 2.89. The minimum Gasteiger partial charge on any atom is -0.331 e. The highest BCUT2D eigenvalue weighted by atomic mass is 16.2. The van der Waals surface area contributed by atoms with Crippen LogP contribution in [0.15, 0.2) is 54.6 Å². The van der Waals surface area contributed by atoms with E-state index in [2.05, 4.69) is 23.5 Å². The van der Waals surface area contributed by atoms with Crippen LogP contribution < -0.4 is 5.32 Å². The van der Waals surface area contributed by atoms with Crippen molar-refractivity contribution < 1.29 is 4.79 Å². The van der Waals surface area contributed by atoms with Crippen molar-refractivity contribution in [3.8, 4) is 6.07 Å². The lowest BCUT2D eigenvalue weighted by Gasteiger charge is -2.24. The summed E-state index contributed by atoms with van der Waals surface area (Å²) in [4.78, 5) is 14.2. The van der Waals surface area contributed by atoms with Crippen LogP contribution in [0.4, 0.5) is 4.79 Å². The number of rotatable bonds is 5. The van der Waals surface area contributed by atoms with Crippen LogP contribution in [0.2, 0.25) is 0 Å². The lowest BCUT2D eigenvalue weighted by Crippen LogP contribution is -2.39. The van der Waals surface area contributed by atoms with Crippen molar-refractivity contribution in [1.29, 1.82) is 5.26 Å². The number of carbonyl (C=O) groups is 1. The Morgan fingerprint density at radius 2 is 2.00 bits per heavy atom. The molecule has 0 spiro atoms. The van der Waals surface area contributed by atoms with Crippen molar-refractivity contribution in [2.45, 2.75) is 25.4 Å². The molecule has 1 fully saturated rings. The van der Waals surface area contributed by atoms with E-state index in [1.807, 2.05) is 36.4 Å². The van der Waals surface area contributed by atoms with Gasteiger partial charge in [-0.2, -0.15) is 5.26 Å². The van der Waals surface area contributed by atoms with E-state index < -0.39 is 0 Å². The number of hydrogen-bond acceptors (Lipinski definition) is 2. The topological polar surface area (TPSA) is 56.1 Å². The highest BCUT2D eigenvalue weighted by Crippen LogP contribution is 2.41. The number of nitrogens with one attached hydrogen (secondary N) is 1. The molecule has 2 amide bonds. The second-order valence-corrected chi connectivity index (χ2v) is 6.34. The Morgan fingerprint density at radius 3 is 2.67 bits per heavy atom. The second-order valence-electron chi connectivity index (χ2n) is 6.34. The van der Waals surface area contributed by atoms with Crippen molar-refractivity contribution in [3.63, 3.8) is 0 Å². The molecule has 0 bridgehead atoms. The Bertz CT molecular complexity index is 747. The van der Waals surface area contributed by atoms with Crippen molar-refractivity contribution in [1.82, 2.24) is 10.2 Å². The summed E-state index contributed by atoms with van der Waals surface area (Å²) >= 11 is 0. The Morgan fingerprint density at radius 1 is 1.25 bits per heavy atom. The van der Waals surface area contributed by atoms with E-state index in [0.717, 1.165) is 24.0 Å². The molecule has 0 radical (unpaired) electrons. The van der Waals surface area contributed by atoms with E-state index in [-0.39, 0.29) is 12.1 Å². The van der Waals surface area contributed by atoms with Gasteiger partial charge in [-0.15, -0.1) is 0 Å². The van der Waals surface area contributed by atoms with Gasteiger partial charge in [0, 0.05) is 13.6 Å². The average Bonchev–Trinajstić information content (AvgIpc) is 3.45. The molecule has 4 nitrogen and oxygen atoms in total. The highest BCUT2D eigenvalue weighted by Gasteiger charge is 2.33. The van der Waals surface area contributed by atoms with E-state index in [9.17, 15) is 4.79 Å². The standard InChI is InChI=1S/C20H21N3O/c1-23(14-16-7-5-6-15(12-16)13-21)20(24)22-19(18-10-11-18)17-8-3-2-4-9-17/h2-9,12,18-19H,10-11,14H2,1H3,(H,22,24). The third-order valence-electron chi connectivity index (χ3n) is 4.35. The van der Waals surface area contributed by atoms with Gasteiger partial charge in [-0.1, -0.05) is 42.5 Å². The van der Waals surface area contributed by atoms with Crippen LogP contribution >= 0.6 is 0 Å². The zero-order chi connectivity index (χ0) is 16.9. The summed E-state index contributed by atoms with van der Waals surface area (Å²) in [5.41, 5.74) is 2.73. The summed E-state index contributed by atoms with van der Waals surface area (Å²) in [6.07, 6.45) is 2.32. The van der Waals surface area contributed by atoms with Gasteiger partial charge in [0.15, 0.2) is 0 Å². The summed E-state index contributed by atoms with van der Waals surface area (Å²) in [5, 5.41) is 12.1. The van der Waals surface area contributed by atoms with Gasteiger partial charge < -0.3 is 10.2 Å². The van der Waals surface area contributed by atoms with E-state index in [0.29, 0.717) is 18.0 Å². The third-order valence-corrected chi connectivity index (χ3v) is 4.35. The van der Waals surface area contributed by atoms with Gasteiger partial charge in [0.2, 0.25) is 0 Å². The van der Waals surface area contributed by atoms with Crippen molar-refractivity contribution in [3.05, 3.63) is 71.3 Å².